The molecule has 0 aliphatic heterocycles. The number of benzene rings is 3. The maximum Gasteiger partial charge on any atom is 0.337 e. The van der Waals surface area contributed by atoms with E-state index in [4.69, 9.17) is 14.2 Å². The van der Waals surface area contributed by atoms with E-state index in [0.29, 0.717) is 29.4 Å². The molecule has 0 saturated carbocycles. The topological polar surface area (TPSA) is 71.1 Å². The first kappa shape index (κ1) is 22.6. The van der Waals surface area contributed by atoms with Crippen LogP contribution in [0, 0.1) is 6.92 Å². The zero-order chi connectivity index (χ0) is 22.9. The Morgan fingerprint density at radius 3 is 2.34 bits per heavy atom. The van der Waals surface area contributed by atoms with Gasteiger partial charge in [0.1, 0.15) is 12.4 Å². The Kier molecular flexibility index (Phi) is 7.65. The van der Waals surface area contributed by atoms with E-state index in [9.17, 15) is 9.59 Å². The van der Waals surface area contributed by atoms with Gasteiger partial charge in [0.2, 0.25) is 0 Å². The van der Waals surface area contributed by atoms with E-state index in [1.165, 1.54) is 37.5 Å². The van der Waals surface area contributed by atoms with Crippen molar-refractivity contribution in [2.45, 2.75) is 13.5 Å². The van der Waals surface area contributed by atoms with Gasteiger partial charge in [-0.25, -0.2) is 9.59 Å². The van der Waals surface area contributed by atoms with Gasteiger partial charge in [0.25, 0.3) is 0 Å². The Morgan fingerprint density at radius 1 is 0.906 bits per heavy atom. The van der Waals surface area contributed by atoms with Crippen molar-refractivity contribution in [2.75, 3.05) is 14.2 Å². The smallest absolute Gasteiger partial charge is 0.337 e. The molecule has 3 rings (SSSR count). The van der Waals surface area contributed by atoms with Gasteiger partial charge in [0, 0.05) is 6.08 Å². The van der Waals surface area contributed by atoms with Crippen molar-refractivity contribution in [3.8, 4) is 17.2 Å². The minimum Gasteiger partial charge on any atom is -0.493 e. The molecular weight excluding hydrogens is 408 g/mol. The van der Waals surface area contributed by atoms with Crippen LogP contribution in [-0.4, -0.2) is 26.2 Å². The molecule has 0 atom stereocenters. The summed E-state index contributed by atoms with van der Waals surface area (Å²) in [5.74, 6) is 0.497. The van der Waals surface area contributed by atoms with E-state index in [-0.39, 0.29) is 0 Å². The highest BCUT2D eigenvalue weighted by atomic mass is 16.5. The quantitative estimate of drug-likeness (QED) is 0.284. The molecule has 0 fully saturated rings. The third-order valence-electron chi connectivity index (χ3n) is 4.74. The summed E-state index contributed by atoms with van der Waals surface area (Å²) in [6.45, 7) is 2.47. The molecule has 0 aliphatic carbocycles. The lowest BCUT2D eigenvalue weighted by atomic mass is 10.1. The van der Waals surface area contributed by atoms with Gasteiger partial charge in [-0.3, -0.25) is 0 Å². The lowest BCUT2D eigenvalue weighted by Crippen LogP contribution is -2.05. The predicted molar refractivity (Wildman–Crippen MR) is 121 cm³/mol. The Hall–Kier alpha value is -4.06. The Balaban J connectivity index is 1.62. The second-order valence-electron chi connectivity index (χ2n) is 6.90. The molecule has 3 aromatic carbocycles. The molecule has 6 nitrogen and oxygen atoms in total. The molecule has 0 N–H and O–H groups in total. The van der Waals surface area contributed by atoms with Gasteiger partial charge in [-0.1, -0.05) is 30.3 Å². The first-order valence-corrected chi connectivity index (χ1v) is 9.94. The molecule has 0 spiro atoms. The van der Waals surface area contributed by atoms with Crippen LogP contribution in [-0.2, 0) is 16.1 Å². The van der Waals surface area contributed by atoms with Crippen LogP contribution < -0.4 is 14.2 Å². The summed E-state index contributed by atoms with van der Waals surface area (Å²) < 4.78 is 21.2. The standard InChI is InChI=1S/C26H24O6/c1-18-6-4-5-7-21(18)17-31-23-14-8-19(16-24(23)29-2)9-15-25(27)32-22-12-10-20(11-13-22)26(28)30-3/h4-16H,17H2,1-3H3. The summed E-state index contributed by atoms with van der Waals surface area (Å²) in [5.41, 5.74) is 3.38. The zero-order valence-electron chi connectivity index (χ0n) is 18.2. The van der Waals surface area contributed by atoms with Crippen molar-refractivity contribution in [2.24, 2.45) is 0 Å². The van der Waals surface area contributed by atoms with Crippen LogP contribution >= 0.6 is 0 Å². The van der Waals surface area contributed by atoms with Crippen LogP contribution in [0.1, 0.15) is 27.0 Å². The molecule has 0 aromatic heterocycles. The lowest BCUT2D eigenvalue weighted by molar-refractivity contribution is -0.128. The fourth-order valence-electron chi connectivity index (χ4n) is 2.93. The Labute approximate surface area is 187 Å². The zero-order valence-corrected chi connectivity index (χ0v) is 18.2. The molecule has 0 unspecified atom stereocenters. The molecule has 0 heterocycles. The minimum atomic E-state index is -0.547. The van der Waals surface area contributed by atoms with E-state index in [2.05, 4.69) is 4.74 Å². The highest BCUT2D eigenvalue weighted by Crippen LogP contribution is 2.29. The van der Waals surface area contributed by atoms with Crippen LogP contribution in [0.15, 0.2) is 72.8 Å². The molecule has 32 heavy (non-hydrogen) atoms. The third-order valence-corrected chi connectivity index (χ3v) is 4.74. The maximum absolute atomic E-state index is 12.1. The van der Waals surface area contributed by atoms with Gasteiger partial charge in [-0.2, -0.15) is 0 Å². The van der Waals surface area contributed by atoms with E-state index in [0.717, 1.165) is 16.7 Å². The largest absolute Gasteiger partial charge is 0.493 e. The van der Waals surface area contributed by atoms with Crippen LogP contribution in [0.4, 0.5) is 0 Å². The average Bonchev–Trinajstić information content (AvgIpc) is 2.82. The second kappa shape index (κ2) is 10.8. The van der Waals surface area contributed by atoms with Crippen LogP contribution in [0.5, 0.6) is 17.2 Å². The van der Waals surface area contributed by atoms with E-state index in [1.807, 2.05) is 37.3 Å². The second-order valence-corrected chi connectivity index (χ2v) is 6.90. The fraction of sp³-hybridized carbons (Fsp3) is 0.154. The predicted octanol–water partition coefficient (Wildman–Crippen LogP) is 4.99. The summed E-state index contributed by atoms with van der Waals surface area (Å²) in [4.78, 5) is 23.6. The van der Waals surface area contributed by atoms with Gasteiger partial charge in [0.05, 0.1) is 19.8 Å². The monoisotopic (exact) mass is 432 g/mol. The number of methoxy groups -OCH3 is 2. The SMILES string of the molecule is COC(=O)c1ccc(OC(=O)C=Cc2ccc(OCc3ccccc3C)c(OC)c2)cc1. The van der Waals surface area contributed by atoms with Crippen LogP contribution in [0.2, 0.25) is 0 Å². The first-order chi connectivity index (χ1) is 15.5. The van der Waals surface area contributed by atoms with Crippen LogP contribution in [0.25, 0.3) is 6.08 Å². The number of esters is 2. The summed E-state index contributed by atoms with van der Waals surface area (Å²) >= 11 is 0. The van der Waals surface area contributed by atoms with E-state index < -0.39 is 11.9 Å². The van der Waals surface area contributed by atoms with Crippen molar-refractivity contribution in [1.82, 2.24) is 0 Å². The molecule has 0 radical (unpaired) electrons. The molecule has 0 saturated heterocycles. The summed E-state index contributed by atoms with van der Waals surface area (Å²) in [7, 11) is 2.87. The van der Waals surface area contributed by atoms with Crippen molar-refractivity contribution in [3.63, 3.8) is 0 Å². The lowest BCUT2D eigenvalue weighted by Gasteiger charge is -2.12. The van der Waals surface area contributed by atoms with E-state index in [1.54, 1.807) is 25.3 Å². The number of hydrogen-bond donors (Lipinski definition) is 0. The number of ether oxygens (including phenoxy) is 4. The number of hydrogen-bond acceptors (Lipinski definition) is 6. The highest BCUT2D eigenvalue weighted by molar-refractivity contribution is 5.90. The molecular formula is C26H24O6. The number of rotatable bonds is 8. The van der Waals surface area contributed by atoms with Crippen molar-refractivity contribution in [1.29, 1.82) is 0 Å². The first-order valence-electron chi connectivity index (χ1n) is 9.94. The van der Waals surface area contributed by atoms with Gasteiger partial charge < -0.3 is 18.9 Å². The van der Waals surface area contributed by atoms with Gasteiger partial charge in [-0.15, -0.1) is 0 Å². The fourth-order valence-corrected chi connectivity index (χ4v) is 2.93. The molecule has 0 bridgehead atoms. The van der Waals surface area contributed by atoms with Gasteiger partial charge >= 0.3 is 11.9 Å². The number of carbonyl (C=O) groups excluding carboxylic acids is 2. The number of aryl methyl sites for hydroxylation is 1. The van der Waals surface area contributed by atoms with Crippen molar-refractivity contribution < 1.29 is 28.5 Å². The molecule has 0 aliphatic rings. The Bertz CT molecular complexity index is 1120. The average molecular weight is 432 g/mol. The molecule has 6 heteroatoms. The van der Waals surface area contributed by atoms with Gasteiger partial charge in [0.15, 0.2) is 11.5 Å². The summed E-state index contributed by atoms with van der Waals surface area (Å²) in [6, 6.07) is 19.5. The summed E-state index contributed by atoms with van der Waals surface area (Å²) in [5, 5.41) is 0. The minimum absolute atomic E-state index is 0.324. The molecule has 0 amide bonds. The summed E-state index contributed by atoms with van der Waals surface area (Å²) in [6.07, 6.45) is 2.94. The molecule has 3 aromatic rings. The van der Waals surface area contributed by atoms with Crippen molar-refractivity contribution >= 4 is 18.0 Å². The van der Waals surface area contributed by atoms with Crippen molar-refractivity contribution in [3.05, 3.63) is 95.1 Å². The molecule has 164 valence electrons. The highest BCUT2D eigenvalue weighted by Gasteiger charge is 2.08. The third kappa shape index (κ3) is 5.98. The maximum atomic E-state index is 12.1. The Morgan fingerprint density at radius 2 is 1.66 bits per heavy atom. The normalized spacial score (nSPS) is 10.6. The van der Waals surface area contributed by atoms with Crippen LogP contribution in [0.3, 0.4) is 0 Å². The van der Waals surface area contributed by atoms with Gasteiger partial charge in [-0.05, 0) is 66.1 Å². The van der Waals surface area contributed by atoms with E-state index >= 15 is 0 Å². The number of carbonyl (C=O) groups is 2.